The molecule has 0 unspecified atom stereocenters. The SMILES string of the molecule is Cc1ccccc1N(C)c1cnccc1CCl. The Labute approximate surface area is 107 Å². The molecule has 2 nitrogen and oxygen atoms in total. The number of aromatic nitrogens is 1. The van der Waals surface area contributed by atoms with Gasteiger partial charge in [0.05, 0.1) is 11.9 Å². The molecule has 2 aromatic rings. The number of halogens is 1. The zero-order valence-corrected chi connectivity index (χ0v) is 10.8. The fourth-order valence-corrected chi connectivity index (χ4v) is 2.13. The van der Waals surface area contributed by atoms with Crippen LogP contribution in [0.3, 0.4) is 0 Å². The summed E-state index contributed by atoms with van der Waals surface area (Å²) in [6.07, 6.45) is 3.62. The molecular formula is C14H15ClN2. The highest BCUT2D eigenvalue weighted by molar-refractivity contribution is 6.17. The maximum absolute atomic E-state index is 5.95. The fraction of sp³-hybridized carbons (Fsp3) is 0.214. The van der Waals surface area contributed by atoms with Gasteiger partial charge in [-0.2, -0.15) is 0 Å². The molecule has 1 aromatic carbocycles. The molecule has 0 N–H and O–H groups in total. The Morgan fingerprint density at radius 1 is 1.18 bits per heavy atom. The van der Waals surface area contributed by atoms with Crippen LogP contribution in [0.1, 0.15) is 11.1 Å². The topological polar surface area (TPSA) is 16.1 Å². The molecule has 2 rings (SSSR count). The van der Waals surface area contributed by atoms with Crippen molar-refractivity contribution in [2.75, 3.05) is 11.9 Å². The quantitative estimate of drug-likeness (QED) is 0.764. The number of nitrogens with zero attached hydrogens (tertiary/aromatic N) is 2. The summed E-state index contributed by atoms with van der Waals surface area (Å²) in [6.45, 7) is 2.10. The minimum atomic E-state index is 0.494. The third-order valence-electron chi connectivity index (χ3n) is 2.87. The molecular weight excluding hydrogens is 232 g/mol. The predicted octanol–water partition coefficient (Wildman–Crippen LogP) is 3.90. The van der Waals surface area contributed by atoms with Gasteiger partial charge in [0.1, 0.15) is 0 Å². The van der Waals surface area contributed by atoms with Gasteiger partial charge in [0.2, 0.25) is 0 Å². The van der Waals surface area contributed by atoms with E-state index in [2.05, 4.69) is 28.9 Å². The molecule has 0 saturated carbocycles. The minimum Gasteiger partial charge on any atom is -0.343 e. The summed E-state index contributed by atoms with van der Waals surface area (Å²) < 4.78 is 0. The van der Waals surface area contributed by atoms with Crippen LogP contribution in [0.5, 0.6) is 0 Å². The van der Waals surface area contributed by atoms with Crippen LogP contribution in [0.25, 0.3) is 0 Å². The van der Waals surface area contributed by atoms with E-state index < -0.39 is 0 Å². The third kappa shape index (κ3) is 2.42. The van der Waals surface area contributed by atoms with E-state index in [4.69, 9.17) is 11.6 Å². The second kappa shape index (κ2) is 5.19. The van der Waals surface area contributed by atoms with E-state index >= 15 is 0 Å². The molecule has 0 atom stereocenters. The van der Waals surface area contributed by atoms with E-state index in [9.17, 15) is 0 Å². The van der Waals surface area contributed by atoms with Gasteiger partial charge in [-0.25, -0.2) is 0 Å². The first-order valence-electron chi connectivity index (χ1n) is 5.52. The number of hydrogen-bond donors (Lipinski definition) is 0. The second-order valence-corrected chi connectivity index (χ2v) is 4.25. The van der Waals surface area contributed by atoms with E-state index in [0.29, 0.717) is 5.88 Å². The first-order chi connectivity index (χ1) is 8.24. The van der Waals surface area contributed by atoms with Crippen molar-refractivity contribution in [1.82, 2.24) is 4.98 Å². The molecule has 0 saturated heterocycles. The van der Waals surface area contributed by atoms with Gasteiger partial charge in [0.25, 0.3) is 0 Å². The summed E-state index contributed by atoms with van der Waals surface area (Å²) in [4.78, 5) is 6.29. The molecule has 0 aliphatic carbocycles. The standard InChI is InChI=1S/C14H15ClN2/c1-11-5-3-4-6-13(11)17(2)14-10-16-8-7-12(14)9-15/h3-8,10H,9H2,1-2H3. The van der Waals surface area contributed by atoms with E-state index in [1.54, 1.807) is 6.20 Å². The first-order valence-corrected chi connectivity index (χ1v) is 6.05. The number of benzene rings is 1. The molecule has 0 amide bonds. The largest absolute Gasteiger partial charge is 0.343 e. The molecule has 3 heteroatoms. The summed E-state index contributed by atoms with van der Waals surface area (Å²) in [5, 5.41) is 0. The lowest BCUT2D eigenvalue weighted by molar-refractivity contribution is 1.13. The second-order valence-electron chi connectivity index (χ2n) is 3.98. The molecule has 0 bridgehead atoms. The first kappa shape index (κ1) is 11.9. The van der Waals surface area contributed by atoms with Gasteiger partial charge in [0, 0.05) is 24.8 Å². The number of pyridine rings is 1. The predicted molar refractivity (Wildman–Crippen MR) is 73.0 cm³/mol. The molecule has 1 aromatic heterocycles. The van der Waals surface area contributed by atoms with Crippen LogP contribution < -0.4 is 4.90 Å². The van der Waals surface area contributed by atoms with E-state index in [1.165, 1.54) is 11.3 Å². The van der Waals surface area contributed by atoms with Gasteiger partial charge in [-0.15, -0.1) is 11.6 Å². The average Bonchev–Trinajstić information content (AvgIpc) is 2.38. The van der Waals surface area contributed by atoms with Crippen molar-refractivity contribution >= 4 is 23.0 Å². The van der Waals surface area contributed by atoms with Crippen molar-refractivity contribution < 1.29 is 0 Å². The number of anilines is 2. The van der Waals surface area contributed by atoms with Gasteiger partial charge in [-0.05, 0) is 30.2 Å². The van der Waals surface area contributed by atoms with Crippen molar-refractivity contribution in [3.05, 3.63) is 53.9 Å². The summed E-state index contributed by atoms with van der Waals surface area (Å²) in [5.41, 5.74) is 4.55. The lowest BCUT2D eigenvalue weighted by atomic mass is 10.1. The van der Waals surface area contributed by atoms with Crippen LogP contribution in [0.2, 0.25) is 0 Å². The lowest BCUT2D eigenvalue weighted by Crippen LogP contribution is -2.12. The van der Waals surface area contributed by atoms with Crippen LogP contribution in [0, 0.1) is 6.92 Å². The van der Waals surface area contributed by atoms with E-state index in [-0.39, 0.29) is 0 Å². The molecule has 17 heavy (non-hydrogen) atoms. The Morgan fingerprint density at radius 3 is 2.65 bits per heavy atom. The highest BCUT2D eigenvalue weighted by Gasteiger charge is 2.10. The molecule has 0 aliphatic rings. The van der Waals surface area contributed by atoms with Gasteiger partial charge >= 0.3 is 0 Å². The number of alkyl halides is 1. The van der Waals surface area contributed by atoms with Crippen molar-refractivity contribution in [3.8, 4) is 0 Å². The average molecular weight is 247 g/mol. The highest BCUT2D eigenvalue weighted by Crippen LogP contribution is 2.29. The zero-order chi connectivity index (χ0) is 12.3. The Morgan fingerprint density at radius 2 is 1.94 bits per heavy atom. The molecule has 0 fully saturated rings. The molecule has 88 valence electrons. The van der Waals surface area contributed by atoms with Crippen LogP contribution in [0.15, 0.2) is 42.7 Å². The Bertz CT molecular complexity index is 511. The lowest BCUT2D eigenvalue weighted by Gasteiger charge is -2.23. The van der Waals surface area contributed by atoms with Crippen molar-refractivity contribution in [3.63, 3.8) is 0 Å². The molecule has 0 spiro atoms. The van der Waals surface area contributed by atoms with Crippen molar-refractivity contribution in [2.24, 2.45) is 0 Å². The van der Waals surface area contributed by atoms with Crippen LogP contribution in [-0.2, 0) is 5.88 Å². The maximum atomic E-state index is 5.95. The van der Waals surface area contributed by atoms with Gasteiger partial charge < -0.3 is 4.90 Å². The third-order valence-corrected chi connectivity index (χ3v) is 3.16. The van der Waals surface area contributed by atoms with E-state index in [1.807, 2.05) is 31.4 Å². The fourth-order valence-electron chi connectivity index (χ4n) is 1.90. The smallest absolute Gasteiger partial charge is 0.0639 e. The summed E-state index contributed by atoms with van der Waals surface area (Å²) in [7, 11) is 2.04. The number of hydrogen-bond acceptors (Lipinski definition) is 2. The molecule has 0 aliphatic heterocycles. The number of aryl methyl sites for hydroxylation is 1. The Kier molecular flexibility index (Phi) is 3.64. The van der Waals surface area contributed by atoms with Gasteiger partial charge in [0.15, 0.2) is 0 Å². The maximum Gasteiger partial charge on any atom is 0.0639 e. The number of para-hydroxylation sites is 1. The number of rotatable bonds is 3. The van der Waals surface area contributed by atoms with E-state index in [0.717, 1.165) is 11.3 Å². The molecule has 0 radical (unpaired) electrons. The highest BCUT2D eigenvalue weighted by atomic mass is 35.5. The van der Waals surface area contributed by atoms with Gasteiger partial charge in [-0.1, -0.05) is 18.2 Å². The normalized spacial score (nSPS) is 10.3. The monoisotopic (exact) mass is 246 g/mol. The van der Waals surface area contributed by atoms with Crippen LogP contribution in [0.4, 0.5) is 11.4 Å². The van der Waals surface area contributed by atoms with Gasteiger partial charge in [-0.3, -0.25) is 4.98 Å². The zero-order valence-electron chi connectivity index (χ0n) is 10.0. The summed E-state index contributed by atoms with van der Waals surface area (Å²) in [5.74, 6) is 0.494. The summed E-state index contributed by atoms with van der Waals surface area (Å²) in [6, 6.07) is 10.2. The summed E-state index contributed by atoms with van der Waals surface area (Å²) >= 11 is 5.95. The van der Waals surface area contributed by atoms with Crippen LogP contribution >= 0.6 is 11.6 Å². The Balaban J connectivity index is 2.44. The van der Waals surface area contributed by atoms with Crippen molar-refractivity contribution in [1.29, 1.82) is 0 Å². The van der Waals surface area contributed by atoms with Crippen LogP contribution in [-0.4, -0.2) is 12.0 Å². The molecule has 1 heterocycles. The van der Waals surface area contributed by atoms with Crippen molar-refractivity contribution in [2.45, 2.75) is 12.8 Å². The Hall–Kier alpha value is -1.54. The minimum absolute atomic E-state index is 0.494.